The van der Waals surface area contributed by atoms with Gasteiger partial charge in [0.05, 0.1) is 31.7 Å². The van der Waals surface area contributed by atoms with Gasteiger partial charge in [-0.2, -0.15) is 0 Å². The number of halogens is 1. The van der Waals surface area contributed by atoms with E-state index < -0.39 is 0 Å². The number of hydrogen-bond donors (Lipinski definition) is 1. The lowest BCUT2D eigenvalue weighted by atomic mass is 10.2. The van der Waals surface area contributed by atoms with Crippen molar-refractivity contribution < 1.29 is 9.47 Å². The lowest BCUT2D eigenvalue weighted by Gasteiger charge is -2.20. The zero-order valence-corrected chi connectivity index (χ0v) is 16.3. The molecule has 0 unspecified atom stereocenters. The molecule has 0 aliphatic rings. The molecular weight excluding hydrogens is 366 g/mol. The average Bonchev–Trinajstić information content (AvgIpc) is 2.68. The molecule has 0 bridgehead atoms. The van der Waals surface area contributed by atoms with Gasteiger partial charge in [0.15, 0.2) is 11.5 Å². The molecular formula is C20H22ClN3O3. The Morgan fingerprint density at radius 2 is 1.74 bits per heavy atom. The third-order valence-corrected chi connectivity index (χ3v) is 4.65. The van der Waals surface area contributed by atoms with E-state index >= 15 is 0 Å². The molecule has 0 aliphatic carbocycles. The van der Waals surface area contributed by atoms with Gasteiger partial charge in [0.1, 0.15) is 5.82 Å². The van der Waals surface area contributed by atoms with Crippen LogP contribution in [0.3, 0.4) is 0 Å². The maximum Gasteiger partial charge on any atom is 0.258 e. The van der Waals surface area contributed by atoms with Crippen LogP contribution in [0.1, 0.15) is 18.3 Å². The first kappa shape index (κ1) is 19.2. The quantitative estimate of drug-likeness (QED) is 0.670. The molecule has 0 atom stereocenters. The molecule has 1 aromatic heterocycles. The van der Waals surface area contributed by atoms with Crippen LogP contribution in [0.2, 0.25) is 5.02 Å². The molecule has 0 radical (unpaired) electrons. The van der Waals surface area contributed by atoms with Crippen molar-refractivity contribution in [1.29, 1.82) is 0 Å². The second-order valence-corrected chi connectivity index (χ2v) is 6.60. The summed E-state index contributed by atoms with van der Waals surface area (Å²) in [4.78, 5) is 22.2. The number of H-pyrrole nitrogens is 1. The fraction of sp³-hybridized carbons (Fsp3) is 0.300. The van der Waals surface area contributed by atoms with Crippen molar-refractivity contribution in [3.63, 3.8) is 0 Å². The molecule has 1 N–H and O–H groups in total. The van der Waals surface area contributed by atoms with E-state index in [1.807, 2.05) is 24.3 Å². The summed E-state index contributed by atoms with van der Waals surface area (Å²) in [6.45, 7) is 4.15. The van der Waals surface area contributed by atoms with E-state index in [1.54, 1.807) is 19.2 Å². The van der Waals surface area contributed by atoms with Crippen molar-refractivity contribution in [2.45, 2.75) is 20.0 Å². The Bertz CT molecular complexity index is 986. The smallest absolute Gasteiger partial charge is 0.258 e. The third kappa shape index (κ3) is 4.40. The Hall–Kier alpha value is -2.57. The minimum atomic E-state index is -0.196. The molecule has 3 rings (SSSR count). The number of benzene rings is 2. The number of nitrogens with zero attached hydrogens (tertiary/aromatic N) is 2. The fourth-order valence-corrected chi connectivity index (χ4v) is 3.05. The van der Waals surface area contributed by atoms with Crippen molar-refractivity contribution in [1.82, 2.24) is 14.9 Å². The zero-order valence-electron chi connectivity index (χ0n) is 15.6. The van der Waals surface area contributed by atoms with Gasteiger partial charge in [0, 0.05) is 17.6 Å². The summed E-state index contributed by atoms with van der Waals surface area (Å²) >= 11 is 5.95. The maximum atomic E-state index is 12.5. The van der Waals surface area contributed by atoms with Crippen LogP contribution in [0.25, 0.3) is 10.9 Å². The SMILES string of the molecule is CCN(Cc1ccc(Cl)cc1)Cc1nc2cc(OC)c(OC)cc2c(=O)[nH]1. The minimum Gasteiger partial charge on any atom is -0.493 e. The van der Waals surface area contributed by atoms with Gasteiger partial charge in [0.2, 0.25) is 0 Å². The average molecular weight is 388 g/mol. The number of fused-ring (bicyclic) bond motifs is 1. The highest BCUT2D eigenvalue weighted by Gasteiger charge is 2.13. The van der Waals surface area contributed by atoms with Crippen LogP contribution >= 0.6 is 11.6 Å². The molecule has 27 heavy (non-hydrogen) atoms. The highest BCUT2D eigenvalue weighted by molar-refractivity contribution is 6.30. The van der Waals surface area contributed by atoms with E-state index in [-0.39, 0.29) is 5.56 Å². The lowest BCUT2D eigenvalue weighted by Crippen LogP contribution is -2.25. The molecule has 0 spiro atoms. The first-order valence-corrected chi connectivity index (χ1v) is 9.03. The molecule has 0 saturated heterocycles. The standard InChI is InChI=1S/C20H22ClN3O3/c1-4-24(11-13-5-7-14(21)8-6-13)12-19-22-16-10-18(27-3)17(26-2)9-15(16)20(25)23-19/h5-10H,4,11-12H2,1-3H3,(H,22,23,25). The molecule has 1 heterocycles. The number of aromatic nitrogens is 2. The first-order valence-electron chi connectivity index (χ1n) is 8.65. The van der Waals surface area contributed by atoms with E-state index in [0.29, 0.717) is 39.8 Å². The van der Waals surface area contributed by atoms with Gasteiger partial charge in [-0.25, -0.2) is 4.98 Å². The van der Waals surface area contributed by atoms with Gasteiger partial charge in [-0.15, -0.1) is 0 Å². The molecule has 0 aliphatic heterocycles. The van der Waals surface area contributed by atoms with E-state index in [1.165, 1.54) is 7.11 Å². The topological polar surface area (TPSA) is 67.5 Å². The summed E-state index contributed by atoms with van der Waals surface area (Å²) in [6, 6.07) is 11.1. The second-order valence-electron chi connectivity index (χ2n) is 6.17. The van der Waals surface area contributed by atoms with Gasteiger partial charge < -0.3 is 14.5 Å². The highest BCUT2D eigenvalue weighted by Crippen LogP contribution is 2.30. The maximum absolute atomic E-state index is 12.5. The Morgan fingerprint density at radius 1 is 1.07 bits per heavy atom. The minimum absolute atomic E-state index is 0.196. The van der Waals surface area contributed by atoms with E-state index in [9.17, 15) is 4.79 Å². The van der Waals surface area contributed by atoms with Crippen molar-refractivity contribution in [3.8, 4) is 11.5 Å². The van der Waals surface area contributed by atoms with Crippen LogP contribution in [0.4, 0.5) is 0 Å². The summed E-state index contributed by atoms with van der Waals surface area (Å²) in [5.41, 5.74) is 1.53. The molecule has 2 aromatic carbocycles. The van der Waals surface area contributed by atoms with Gasteiger partial charge >= 0.3 is 0 Å². The summed E-state index contributed by atoms with van der Waals surface area (Å²) in [5, 5.41) is 1.18. The van der Waals surface area contributed by atoms with Crippen molar-refractivity contribution >= 4 is 22.5 Å². The number of ether oxygens (including phenoxy) is 2. The third-order valence-electron chi connectivity index (χ3n) is 4.40. The normalized spacial score (nSPS) is 11.1. The first-order chi connectivity index (χ1) is 13.0. The van der Waals surface area contributed by atoms with Gasteiger partial charge in [-0.1, -0.05) is 30.7 Å². The molecule has 0 amide bonds. The zero-order chi connectivity index (χ0) is 19.4. The van der Waals surface area contributed by atoms with Crippen LogP contribution in [-0.4, -0.2) is 35.6 Å². The van der Waals surface area contributed by atoms with Crippen LogP contribution in [0.15, 0.2) is 41.2 Å². The molecule has 6 nitrogen and oxygen atoms in total. The van der Waals surface area contributed by atoms with Crippen LogP contribution < -0.4 is 15.0 Å². The monoisotopic (exact) mass is 387 g/mol. The van der Waals surface area contributed by atoms with Gasteiger partial charge in [0.25, 0.3) is 5.56 Å². The predicted octanol–water partition coefficient (Wildman–Crippen LogP) is 3.62. The fourth-order valence-electron chi connectivity index (χ4n) is 2.93. The number of rotatable bonds is 7. The van der Waals surface area contributed by atoms with E-state index in [0.717, 1.165) is 18.7 Å². The number of aromatic amines is 1. The molecule has 7 heteroatoms. The van der Waals surface area contributed by atoms with Crippen molar-refractivity contribution in [3.05, 3.63) is 63.2 Å². The van der Waals surface area contributed by atoms with Crippen molar-refractivity contribution in [2.75, 3.05) is 20.8 Å². The molecule has 3 aromatic rings. The number of nitrogens with one attached hydrogen (secondary N) is 1. The molecule has 0 fully saturated rings. The Balaban J connectivity index is 1.88. The number of hydrogen-bond acceptors (Lipinski definition) is 5. The van der Waals surface area contributed by atoms with Crippen LogP contribution in [0, 0.1) is 0 Å². The van der Waals surface area contributed by atoms with Gasteiger partial charge in [-0.05, 0) is 30.3 Å². The van der Waals surface area contributed by atoms with Crippen LogP contribution in [0.5, 0.6) is 11.5 Å². The Morgan fingerprint density at radius 3 is 2.37 bits per heavy atom. The van der Waals surface area contributed by atoms with E-state index in [4.69, 9.17) is 21.1 Å². The Kier molecular flexibility index (Phi) is 5.98. The molecule has 0 saturated carbocycles. The summed E-state index contributed by atoms with van der Waals surface area (Å²) < 4.78 is 10.6. The van der Waals surface area contributed by atoms with E-state index in [2.05, 4.69) is 21.8 Å². The van der Waals surface area contributed by atoms with Gasteiger partial charge in [-0.3, -0.25) is 9.69 Å². The summed E-state index contributed by atoms with van der Waals surface area (Å²) in [7, 11) is 3.10. The Labute approximate surface area is 162 Å². The van der Waals surface area contributed by atoms with Crippen molar-refractivity contribution in [2.24, 2.45) is 0 Å². The molecule has 142 valence electrons. The predicted molar refractivity (Wildman–Crippen MR) is 107 cm³/mol. The second kappa shape index (κ2) is 8.41. The lowest BCUT2D eigenvalue weighted by molar-refractivity contribution is 0.264. The number of methoxy groups -OCH3 is 2. The largest absolute Gasteiger partial charge is 0.493 e. The summed E-state index contributed by atoms with van der Waals surface area (Å²) in [5.74, 6) is 1.65. The summed E-state index contributed by atoms with van der Waals surface area (Å²) in [6.07, 6.45) is 0. The van der Waals surface area contributed by atoms with Crippen LogP contribution in [-0.2, 0) is 13.1 Å². The highest BCUT2D eigenvalue weighted by atomic mass is 35.5.